The maximum Gasteiger partial charge on any atom is 0.119 e. The van der Waals surface area contributed by atoms with E-state index >= 15 is 0 Å². The van der Waals surface area contributed by atoms with Gasteiger partial charge in [0.05, 0.1) is 13.2 Å². The van der Waals surface area contributed by atoms with Crippen molar-refractivity contribution in [3.63, 3.8) is 0 Å². The summed E-state index contributed by atoms with van der Waals surface area (Å²) < 4.78 is 5.25. The lowest BCUT2D eigenvalue weighted by molar-refractivity contribution is 0.178. The third-order valence-electron chi connectivity index (χ3n) is 3.56. The van der Waals surface area contributed by atoms with Gasteiger partial charge in [-0.1, -0.05) is 42.5 Å². The van der Waals surface area contributed by atoms with Crippen LogP contribution < -0.4 is 4.74 Å². The number of rotatable bonds is 1. The number of hydrogen-bond donors (Lipinski definition) is 1. The van der Waals surface area contributed by atoms with Crippen molar-refractivity contribution in [1.82, 2.24) is 0 Å². The molecule has 2 aromatic rings. The average molecular weight is 252 g/mol. The van der Waals surface area contributed by atoms with Gasteiger partial charge in [0.15, 0.2) is 0 Å². The minimum atomic E-state index is -0.465. The molecule has 0 heterocycles. The first-order valence-corrected chi connectivity index (χ1v) is 6.40. The zero-order valence-electron chi connectivity index (χ0n) is 10.8. The van der Waals surface area contributed by atoms with E-state index < -0.39 is 6.10 Å². The lowest BCUT2D eigenvalue weighted by Crippen LogP contribution is -2.06. The van der Waals surface area contributed by atoms with Crippen LogP contribution in [0.5, 0.6) is 5.75 Å². The normalized spacial score (nSPS) is 18.7. The number of aliphatic hydroxyl groups excluding tert-OH is 1. The fourth-order valence-corrected chi connectivity index (χ4v) is 2.50. The molecule has 1 atom stereocenters. The summed E-state index contributed by atoms with van der Waals surface area (Å²) in [6.45, 7) is 0. The van der Waals surface area contributed by atoms with Crippen LogP contribution in [-0.4, -0.2) is 12.2 Å². The molecule has 0 radical (unpaired) electrons. The number of methoxy groups -OCH3 is 1. The smallest absolute Gasteiger partial charge is 0.119 e. The van der Waals surface area contributed by atoms with Crippen molar-refractivity contribution in [2.24, 2.45) is 0 Å². The Balaban J connectivity index is 2.11. The Morgan fingerprint density at radius 1 is 1.05 bits per heavy atom. The first-order valence-electron chi connectivity index (χ1n) is 6.40. The minimum Gasteiger partial charge on any atom is -0.497 e. The van der Waals surface area contributed by atoms with Gasteiger partial charge in [-0.3, -0.25) is 0 Å². The summed E-state index contributed by atoms with van der Waals surface area (Å²) in [7, 11) is 1.67. The van der Waals surface area contributed by atoms with Crippen LogP contribution in [0.25, 0.3) is 12.2 Å². The molecule has 0 fully saturated rings. The van der Waals surface area contributed by atoms with Crippen molar-refractivity contribution in [3.8, 4) is 5.75 Å². The molecule has 1 N–H and O–H groups in total. The molecule has 3 rings (SSSR count). The zero-order chi connectivity index (χ0) is 13.2. The van der Waals surface area contributed by atoms with Crippen molar-refractivity contribution < 1.29 is 9.84 Å². The van der Waals surface area contributed by atoms with E-state index in [1.54, 1.807) is 7.11 Å². The highest BCUT2D eigenvalue weighted by Gasteiger charge is 2.15. The lowest BCUT2D eigenvalue weighted by Gasteiger charge is -2.18. The van der Waals surface area contributed by atoms with Crippen LogP contribution >= 0.6 is 0 Å². The van der Waals surface area contributed by atoms with Gasteiger partial charge < -0.3 is 9.84 Å². The fourth-order valence-electron chi connectivity index (χ4n) is 2.50. The lowest BCUT2D eigenvalue weighted by atomic mass is 9.91. The molecule has 0 aromatic heterocycles. The van der Waals surface area contributed by atoms with E-state index in [2.05, 4.69) is 12.2 Å². The van der Waals surface area contributed by atoms with Crippen LogP contribution in [0.1, 0.15) is 28.4 Å². The van der Waals surface area contributed by atoms with Gasteiger partial charge in [-0.05, 0) is 34.4 Å². The molecule has 1 aliphatic carbocycles. The average Bonchev–Trinajstić information content (AvgIpc) is 2.44. The number of ether oxygens (including phenoxy) is 1. The molecule has 0 saturated carbocycles. The Kier molecular flexibility index (Phi) is 3.10. The van der Waals surface area contributed by atoms with Crippen molar-refractivity contribution in [1.29, 1.82) is 0 Å². The summed E-state index contributed by atoms with van der Waals surface area (Å²) in [5, 5.41) is 10.4. The van der Waals surface area contributed by atoms with Gasteiger partial charge >= 0.3 is 0 Å². The van der Waals surface area contributed by atoms with E-state index in [0.29, 0.717) is 6.42 Å². The van der Waals surface area contributed by atoms with Gasteiger partial charge in [0.1, 0.15) is 5.75 Å². The topological polar surface area (TPSA) is 29.5 Å². The second-order valence-electron chi connectivity index (χ2n) is 4.75. The number of benzene rings is 2. The molecular weight excluding hydrogens is 236 g/mol. The molecule has 96 valence electrons. The molecule has 0 amide bonds. The third-order valence-corrected chi connectivity index (χ3v) is 3.56. The monoisotopic (exact) mass is 252 g/mol. The predicted molar refractivity (Wildman–Crippen MR) is 77.0 cm³/mol. The van der Waals surface area contributed by atoms with E-state index in [0.717, 1.165) is 28.0 Å². The second kappa shape index (κ2) is 4.90. The molecule has 2 aromatic carbocycles. The highest BCUT2D eigenvalue weighted by molar-refractivity contribution is 5.74. The Bertz CT molecular complexity index is 629. The molecular formula is C17H16O2. The summed E-state index contributed by atoms with van der Waals surface area (Å²) in [6, 6.07) is 13.9. The highest BCUT2D eigenvalue weighted by Crippen LogP contribution is 2.30. The molecule has 1 aliphatic rings. The summed E-state index contributed by atoms with van der Waals surface area (Å²) in [5.74, 6) is 0.840. The Labute approximate surface area is 113 Å². The van der Waals surface area contributed by atoms with E-state index in [1.807, 2.05) is 42.5 Å². The van der Waals surface area contributed by atoms with Crippen molar-refractivity contribution in [2.45, 2.75) is 12.5 Å². The fraction of sp³-hybridized carbons (Fsp3) is 0.176. The van der Waals surface area contributed by atoms with E-state index in [1.165, 1.54) is 0 Å². The standard InChI is InChI=1S/C17H16O2/c1-19-15-9-8-14-11-17(18)16-5-3-2-4-12(16)6-7-13(14)10-15/h2-10,17-18H,11H2,1H3/b7-6-. The first-order chi connectivity index (χ1) is 9.28. The van der Waals surface area contributed by atoms with Crippen LogP contribution in [0.2, 0.25) is 0 Å². The Morgan fingerprint density at radius 3 is 2.68 bits per heavy atom. The third kappa shape index (κ3) is 2.27. The SMILES string of the molecule is COc1ccc2c(c1)/C=C\c1ccccc1C(O)C2. The van der Waals surface area contributed by atoms with Crippen LogP contribution in [0.3, 0.4) is 0 Å². The molecule has 0 bridgehead atoms. The van der Waals surface area contributed by atoms with Crippen molar-refractivity contribution in [3.05, 3.63) is 64.7 Å². The molecule has 0 aliphatic heterocycles. The van der Waals surface area contributed by atoms with E-state index in [4.69, 9.17) is 4.74 Å². The van der Waals surface area contributed by atoms with Crippen molar-refractivity contribution >= 4 is 12.2 Å². The molecule has 2 heteroatoms. The molecule has 0 spiro atoms. The highest BCUT2D eigenvalue weighted by atomic mass is 16.5. The number of fused-ring (bicyclic) bond motifs is 2. The molecule has 19 heavy (non-hydrogen) atoms. The quantitative estimate of drug-likeness (QED) is 0.842. The van der Waals surface area contributed by atoms with Crippen LogP contribution in [0.15, 0.2) is 42.5 Å². The van der Waals surface area contributed by atoms with Gasteiger partial charge in [-0.2, -0.15) is 0 Å². The zero-order valence-corrected chi connectivity index (χ0v) is 10.8. The van der Waals surface area contributed by atoms with E-state index in [9.17, 15) is 5.11 Å². The summed E-state index contributed by atoms with van der Waals surface area (Å²) in [5.41, 5.74) is 4.30. The molecule has 2 nitrogen and oxygen atoms in total. The first kappa shape index (κ1) is 12.0. The molecule has 1 unspecified atom stereocenters. The van der Waals surface area contributed by atoms with Gasteiger partial charge in [0.2, 0.25) is 0 Å². The van der Waals surface area contributed by atoms with Crippen LogP contribution in [-0.2, 0) is 6.42 Å². The summed E-state index contributed by atoms with van der Waals surface area (Å²) in [6.07, 6.45) is 4.30. The molecule has 0 saturated heterocycles. The maximum absolute atomic E-state index is 10.4. The van der Waals surface area contributed by atoms with Gasteiger partial charge in [0, 0.05) is 6.42 Å². The van der Waals surface area contributed by atoms with Gasteiger partial charge in [0.25, 0.3) is 0 Å². The predicted octanol–water partition coefficient (Wildman–Crippen LogP) is 3.46. The number of aliphatic hydroxyl groups is 1. The Morgan fingerprint density at radius 2 is 1.84 bits per heavy atom. The summed E-state index contributed by atoms with van der Waals surface area (Å²) >= 11 is 0. The maximum atomic E-state index is 10.4. The largest absolute Gasteiger partial charge is 0.497 e. The minimum absolute atomic E-state index is 0.465. The summed E-state index contributed by atoms with van der Waals surface area (Å²) in [4.78, 5) is 0. The van der Waals surface area contributed by atoms with Gasteiger partial charge in [-0.25, -0.2) is 0 Å². The Hall–Kier alpha value is -2.06. The number of hydrogen-bond acceptors (Lipinski definition) is 2. The van der Waals surface area contributed by atoms with Crippen molar-refractivity contribution in [2.75, 3.05) is 7.11 Å². The van der Waals surface area contributed by atoms with Crippen LogP contribution in [0, 0.1) is 0 Å². The van der Waals surface area contributed by atoms with E-state index in [-0.39, 0.29) is 0 Å². The van der Waals surface area contributed by atoms with Crippen LogP contribution in [0.4, 0.5) is 0 Å². The van der Waals surface area contributed by atoms with Gasteiger partial charge in [-0.15, -0.1) is 0 Å². The second-order valence-corrected chi connectivity index (χ2v) is 4.75.